The highest BCUT2D eigenvalue weighted by Gasteiger charge is 2.22. The molecule has 7 heteroatoms. The van der Waals surface area contributed by atoms with Crippen LogP contribution in [0.5, 0.6) is 0 Å². The maximum absolute atomic E-state index is 12.1. The zero-order valence-electron chi connectivity index (χ0n) is 10.1. The van der Waals surface area contributed by atoms with E-state index in [9.17, 15) is 8.42 Å². The maximum Gasteiger partial charge on any atom is 0.253 e. The Balaban J connectivity index is 2.27. The zero-order valence-corrected chi connectivity index (χ0v) is 11.7. The summed E-state index contributed by atoms with van der Waals surface area (Å²) < 4.78 is 26.7. The van der Waals surface area contributed by atoms with Gasteiger partial charge < -0.3 is 0 Å². The van der Waals surface area contributed by atoms with Crippen molar-refractivity contribution < 1.29 is 8.42 Å². The van der Waals surface area contributed by atoms with E-state index < -0.39 is 16.1 Å². The fourth-order valence-electron chi connectivity index (χ4n) is 1.49. The molecule has 0 saturated heterocycles. The van der Waals surface area contributed by atoms with E-state index in [0.717, 1.165) is 11.3 Å². The van der Waals surface area contributed by atoms with Crippen LogP contribution in [0.15, 0.2) is 40.7 Å². The van der Waals surface area contributed by atoms with Crippen molar-refractivity contribution in [2.75, 3.05) is 0 Å². The first-order valence-corrected chi connectivity index (χ1v) is 7.72. The van der Waals surface area contributed by atoms with Gasteiger partial charge in [-0.15, -0.1) is 11.3 Å². The van der Waals surface area contributed by atoms with Gasteiger partial charge in [0.25, 0.3) is 10.0 Å². The highest BCUT2D eigenvalue weighted by Crippen LogP contribution is 2.21. The number of nitrogens with one attached hydrogen (secondary N) is 1. The molecule has 2 aromatic rings. The molecule has 0 bridgehead atoms. The van der Waals surface area contributed by atoms with E-state index in [0.29, 0.717) is 10.6 Å². The molecule has 0 radical (unpaired) electrons. The van der Waals surface area contributed by atoms with Crippen LogP contribution in [0.1, 0.15) is 16.6 Å². The first kappa shape index (κ1) is 13.7. The second-order valence-corrected chi connectivity index (χ2v) is 6.97. The molecule has 1 heterocycles. The van der Waals surface area contributed by atoms with Crippen LogP contribution in [0.2, 0.25) is 0 Å². The van der Waals surface area contributed by atoms with Crippen LogP contribution in [0.25, 0.3) is 0 Å². The van der Waals surface area contributed by atoms with E-state index >= 15 is 0 Å². The van der Waals surface area contributed by atoms with E-state index in [2.05, 4.69) is 9.71 Å². The lowest BCUT2D eigenvalue weighted by Crippen LogP contribution is -2.27. The van der Waals surface area contributed by atoms with Gasteiger partial charge in [-0.3, -0.25) is 0 Å². The lowest BCUT2D eigenvalue weighted by molar-refractivity contribution is 0.577. The van der Waals surface area contributed by atoms with Gasteiger partial charge in [0.2, 0.25) is 0 Å². The summed E-state index contributed by atoms with van der Waals surface area (Å²) in [5.74, 6) is 0. The Kier molecular flexibility index (Phi) is 3.95. The van der Waals surface area contributed by atoms with Gasteiger partial charge in [-0.1, -0.05) is 30.3 Å². The molecule has 0 saturated carbocycles. The van der Waals surface area contributed by atoms with Gasteiger partial charge in [-0.05, 0) is 12.5 Å². The van der Waals surface area contributed by atoms with E-state index in [1.807, 2.05) is 6.07 Å². The average Bonchev–Trinajstić information content (AvgIpc) is 2.85. The van der Waals surface area contributed by atoms with Crippen LogP contribution in [0, 0.1) is 18.3 Å². The van der Waals surface area contributed by atoms with Gasteiger partial charge in [-0.2, -0.15) is 9.98 Å². The predicted molar refractivity (Wildman–Crippen MR) is 72.0 cm³/mol. The molecule has 1 atom stereocenters. The van der Waals surface area contributed by atoms with Crippen LogP contribution in [-0.4, -0.2) is 13.4 Å². The van der Waals surface area contributed by atoms with Crippen LogP contribution < -0.4 is 4.72 Å². The monoisotopic (exact) mass is 293 g/mol. The number of hydrogen-bond donors (Lipinski definition) is 1. The Bertz CT molecular complexity index is 702. The predicted octanol–water partition coefficient (Wildman–Crippen LogP) is 1.99. The minimum atomic E-state index is -3.72. The number of hydrogen-bond acceptors (Lipinski definition) is 5. The van der Waals surface area contributed by atoms with Crippen molar-refractivity contribution in [2.24, 2.45) is 0 Å². The molecular formula is C12H11N3O2S2. The second kappa shape index (κ2) is 5.48. The Morgan fingerprint density at radius 3 is 2.58 bits per heavy atom. The third kappa shape index (κ3) is 3.17. The second-order valence-electron chi connectivity index (χ2n) is 3.79. The maximum atomic E-state index is 12.1. The molecule has 0 aliphatic heterocycles. The highest BCUT2D eigenvalue weighted by atomic mass is 32.2. The van der Waals surface area contributed by atoms with Crippen molar-refractivity contribution in [3.8, 4) is 6.07 Å². The Hall–Kier alpha value is -1.75. The van der Waals surface area contributed by atoms with E-state index in [-0.39, 0.29) is 4.21 Å². The molecule has 0 fully saturated rings. The van der Waals surface area contributed by atoms with Gasteiger partial charge in [0.05, 0.1) is 17.3 Å². The number of aromatic nitrogens is 1. The van der Waals surface area contributed by atoms with Gasteiger partial charge in [0.15, 0.2) is 4.21 Å². The van der Waals surface area contributed by atoms with Crippen molar-refractivity contribution in [2.45, 2.75) is 17.2 Å². The third-order valence-corrected chi connectivity index (χ3v) is 5.20. The summed E-state index contributed by atoms with van der Waals surface area (Å²) in [4.78, 5) is 3.91. The van der Waals surface area contributed by atoms with Crippen molar-refractivity contribution in [3.05, 3.63) is 47.1 Å². The molecule has 5 nitrogen and oxygen atoms in total. The van der Waals surface area contributed by atoms with Gasteiger partial charge in [0.1, 0.15) is 6.04 Å². The molecule has 0 spiro atoms. The molecule has 98 valence electrons. The van der Waals surface area contributed by atoms with Crippen molar-refractivity contribution in [1.82, 2.24) is 9.71 Å². The summed E-state index contributed by atoms with van der Waals surface area (Å²) in [6.45, 7) is 1.72. The molecule has 0 aliphatic rings. The minimum absolute atomic E-state index is 0.112. The first-order chi connectivity index (χ1) is 9.03. The van der Waals surface area contributed by atoms with E-state index in [1.54, 1.807) is 37.3 Å². The summed E-state index contributed by atoms with van der Waals surface area (Å²) >= 11 is 1.07. The van der Waals surface area contributed by atoms with E-state index in [4.69, 9.17) is 5.26 Å². The van der Waals surface area contributed by atoms with Crippen LogP contribution in [0.3, 0.4) is 0 Å². The number of sulfonamides is 1. The first-order valence-electron chi connectivity index (χ1n) is 5.42. The molecule has 2 rings (SSSR count). The lowest BCUT2D eigenvalue weighted by atomic mass is 10.1. The number of nitrogens with zero attached hydrogens (tertiary/aromatic N) is 2. The molecule has 1 aromatic heterocycles. The lowest BCUT2D eigenvalue weighted by Gasteiger charge is -2.10. The van der Waals surface area contributed by atoms with E-state index in [1.165, 1.54) is 6.20 Å². The standard InChI is InChI=1S/C12H11N3O2S2/c1-9-14-8-12(18-9)19(16,17)15-11(7-13)10-5-3-2-4-6-10/h2-6,8,11,15H,1H3. The normalized spacial score (nSPS) is 12.8. The van der Waals surface area contributed by atoms with Gasteiger partial charge in [0, 0.05) is 0 Å². The third-order valence-electron chi connectivity index (χ3n) is 2.40. The number of rotatable bonds is 4. The van der Waals surface area contributed by atoms with Crippen LogP contribution in [0.4, 0.5) is 0 Å². The fraction of sp³-hybridized carbons (Fsp3) is 0.167. The van der Waals surface area contributed by atoms with Crippen molar-refractivity contribution in [1.29, 1.82) is 5.26 Å². The molecule has 19 heavy (non-hydrogen) atoms. The molecule has 0 aliphatic carbocycles. The zero-order chi connectivity index (χ0) is 13.9. The number of thiazole rings is 1. The largest absolute Gasteiger partial charge is 0.253 e. The topological polar surface area (TPSA) is 82.8 Å². The van der Waals surface area contributed by atoms with Crippen LogP contribution in [-0.2, 0) is 10.0 Å². The number of aryl methyl sites for hydroxylation is 1. The van der Waals surface area contributed by atoms with Crippen LogP contribution >= 0.6 is 11.3 Å². The smallest absolute Gasteiger partial charge is 0.249 e. The molecule has 1 aromatic carbocycles. The fourth-order valence-corrected chi connectivity index (χ4v) is 3.75. The highest BCUT2D eigenvalue weighted by molar-refractivity contribution is 7.91. The van der Waals surface area contributed by atoms with Crippen molar-refractivity contribution in [3.63, 3.8) is 0 Å². The van der Waals surface area contributed by atoms with Gasteiger partial charge >= 0.3 is 0 Å². The summed E-state index contributed by atoms with van der Waals surface area (Å²) in [6.07, 6.45) is 1.29. The summed E-state index contributed by atoms with van der Waals surface area (Å²) in [5.41, 5.74) is 0.606. The minimum Gasteiger partial charge on any atom is -0.249 e. The summed E-state index contributed by atoms with van der Waals surface area (Å²) in [6, 6.07) is 9.76. The summed E-state index contributed by atoms with van der Waals surface area (Å²) in [7, 11) is -3.72. The number of benzene rings is 1. The molecular weight excluding hydrogens is 282 g/mol. The molecule has 0 amide bonds. The Morgan fingerprint density at radius 2 is 2.05 bits per heavy atom. The van der Waals surface area contributed by atoms with Crippen molar-refractivity contribution >= 4 is 21.4 Å². The Morgan fingerprint density at radius 1 is 1.37 bits per heavy atom. The average molecular weight is 293 g/mol. The molecule has 1 N–H and O–H groups in total. The Labute approximate surface area is 115 Å². The quantitative estimate of drug-likeness (QED) is 0.934. The SMILES string of the molecule is Cc1ncc(S(=O)(=O)NC(C#N)c2ccccc2)s1. The summed E-state index contributed by atoms with van der Waals surface area (Å²) in [5, 5.41) is 9.77. The van der Waals surface area contributed by atoms with Gasteiger partial charge in [-0.25, -0.2) is 13.4 Å². The molecule has 1 unspecified atom stereocenters. The number of nitriles is 1.